The van der Waals surface area contributed by atoms with E-state index in [4.69, 9.17) is 4.74 Å². The lowest BCUT2D eigenvalue weighted by molar-refractivity contribution is 0.0951. The van der Waals surface area contributed by atoms with Gasteiger partial charge in [-0.3, -0.25) is 4.79 Å². The minimum absolute atomic E-state index is 0.174. The zero-order valence-electron chi connectivity index (χ0n) is 16.4. The maximum atomic E-state index is 14.1. The van der Waals surface area contributed by atoms with Crippen LogP contribution in [0.4, 0.5) is 10.2 Å². The number of benzene rings is 1. The molecule has 0 bridgehead atoms. The number of morpholine rings is 1. The third-order valence-corrected chi connectivity index (χ3v) is 5.01. The molecule has 150 valence electrons. The summed E-state index contributed by atoms with van der Waals surface area (Å²) < 4.78 is 19.5. The molecule has 0 saturated carbocycles. The Balaban J connectivity index is 1.59. The van der Waals surface area contributed by atoms with Crippen LogP contribution in [0.3, 0.4) is 0 Å². The van der Waals surface area contributed by atoms with Crippen LogP contribution in [-0.4, -0.2) is 47.2 Å². The van der Waals surface area contributed by atoms with E-state index < -0.39 is 11.7 Å². The fourth-order valence-corrected chi connectivity index (χ4v) is 3.37. The second kappa shape index (κ2) is 8.08. The minimum atomic E-state index is -0.518. The second-order valence-electron chi connectivity index (χ2n) is 6.98. The predicted octanol–water partition coefficient (Wildman–Crippen LogP) is 2.55. The third-order valence-electron chi connectivity index (χ3n) is 5.01. The van der Waals surface area contributed by atoms with E-state index in [1.54, 1.807) is 6.20 Å². The first-order valence-corrected chi connectivity index (χ1v) is 9.52. The summed E-state index contributed by atoms with van der Waals surface area (Å²) in [6, 6.07) is 6.26. The number of aryl methyl sites for hydroxylation is 2. The van der Waals surface area contributed by atoms with Gasteiger partial charge in [-0.2, -0.15) is 0 Å². The number of aromatic nitrogens is 3. The topological polar surface area (TPSA) is 80.2 Å². The summed E-state index contributed by atoms with van der Waals surface area (Å²) in [5.41, 5.74) is 3.24. The Morgan fingerprint density at radius 2 is 1.97 bits per heavy atom. The number of nitrogens with zero attached hydrogens (tertiary/aromatic N) is 4. The van der Waals surface area contributed by atoms with Crippen LogP contribution in [0.5, 0.6) is 0 Å². The summed E-state index contributed by atoms with van der Waals surface area (Å²) in [5, 5.41) is 2.88. The lowest BCUT2D eigenvalue weighted by Gasteiger charge is -2.29. The molecule has 0 unspecified atom stereocenters. The van der Waals surface area contributed by atoms with E-state index in [0.717, 1.165) is 24.5 Å². The molecular formula is C21H22FN5O2. The highest BCUT2D eigenvalue weighted by Gasteiger charge is 2.18. The number of halogens is 1. The zero-order valence-corrected chi connectivity index (χ0v) is 16.4. The van der Waals surface area contributed by atoms with Crippen molar-refractivity contribution in [2.75, 3.05) is 31.2 Å². The van der Waals surface area contributed by atoms with E-state index in [-0.39, 0.29) is 12.1 Å². The Bertz CT molecular complexity index is 1070. The number of amides is 1. The number of carbonyl (C=O) groups is 1. The number of pyridine rings is 1. The molecule has 1 N–H and O–H groups in total. The number of nitrogens with one attached hydrogen (secondary N) is 1. The molecule has 29 heavy (non-hydrogen) atoms. The molecule has 1 saturated heterocycles. The minimum Gasteiger partial charge on any atom is -0.378 e. The Kier molecular flexibility index (Phi) is 5.35. The molecule has 2 aromatic heterocycles. The Hall–Kier alpha value is -3.13. The van der Waals surface area contributed by atoms with Crippen LogP contribution >= 0.6 is 0 Å². The predicted molar refractivity (Wildman–Crippen MR) is 107 cm³/mol. The first-order chi connectivity index (χ1) is 14.0. The van der Waals surface area contributed by atoms with Crippen molar-refractivity contribution in [1.82, 2.24) is 20.3 Å². The SMILES string of the molecule is Cc1nc2cc(F)cc(C(=O)NCc3cccnc3N3CCOCC3)c2nc1C. The molecule has 0 atom stereocenters. The number of hydrogen-bond donors (Lipinski definition) is 1. The fourth-order valence-electron chi connectivity index (χ4n) is 3.37. The fraction of sp³-hybridized carbons (Fsp3) is 0.333. The van der Waals surface area contributed by atoms with Crippen molar-refractivity contribution < 1.29 is 13.9 Å². The van der Waals surface area contributed by atoms with Crippen LogP contribution in [0.25, 0.3) is 11.0 Å². The van der Waals surface area contributed by atoms with Crippen molar-refractivity contribution in [2.45, 2.75) is 20.4 Å². The number of rotatable bonds is 4. The van der Waals surface area contributed by atoms with Crippen molar-refractivity contribution in [3.05, 3.63) is 58.8 Å². The molecule has 1 aliphatic rings. The van der Waals surface area contributed by atoms with Gasteiger partial charge in [-0.1, -0.05) is 6.07 Å². The van der Waals surface area contributed by atoms with E-state index in [2.05, 4.69) is 25.2 Å². The van der Waals surface area contributed by atoms with Crippen molar-refractivity contribution in [1.29, 1.82) is 0 Å². The molecule has 0 aliphatic carbocycles. The molecule has 3 heterocycles. The standard InChI is InChI=1S/C21H22FN5O2/c1-13-14(2)26-19-17(10-16(22)11-18(19)25-13)21(28)24-12-15-4-3-5-23-20(15)27-6-8-29-9-7-27/h3-5,10-11H,6-9,12H2,1-2H3,(H,24,28). The third kappa shape index (κ3) is 4.02. The lowest BCUT2D eigenvalue weighted by atomic mass is 10.1. The maximum Gasteiger partial charge on any atom is 0.253 e. The van der Waals surface area contributed by atoms with Gasteiger partial charge in [0.25, 0.3) is 5.91 Å². The van der Waals surface area contributed by atoms with Crippen molar-refractivity contribution in [2.24, 2.45) is 0 Å². The largest absolute Gasteiger partial charge is 0.378 e. The average Bonchev–Trinajstić information content (AvgIpc) is 2.73. The van der Waals surface area contributed by atoms with Crippen molar-refractivity contribution in [3.8, 4) is 0 Å². The van der Waals surface area contributed by atoms with Gasteiger partial charge < -0.3 is 15.0 Å². The van der Waals surface area contributed by atoms with Gasteiger partial charge in [0, 0.05) is 37.5 Å². The summed E-state index contributed by atoms with van der Waals surface area (Å²) in [4.78, 5) is 28.3. The Morgan fingerprint density at radius 1 is 1.21 bits per heavy atom. The first kappa shape index (κ1) is 19.2. The van der Waals surface area contributed by atoms with Crippen molar-refractivity contribution in [3.63, 3.8) is 0 Å². The lowest BCUT2D eigenvalue weighted by Crippen LogP contribution is -2.37. The van der Waals surface area contributed by atoms with Gasteiger partial charge in [0.05, 0.1) is 35.7 Å². The first-order valence-electron chi connectivity index (χ1n) is 9.52. The van der Waals surface area contributed by atoms with Crippen LogP contribution in [0.2, 0.25) is 0 Å². The highest BCUT2D eigenvalue weighted by atomic mass is 19.1. The van der Waals surface area contributed by atoms with Crippen molar-refractivity contribution >= 4 is 22.8 Å². The molecule has 4 rings (SSSR count). The van der Waals surface area contributed by atoms with Crippen LogP contribution in [0, 0.1) is 19.7 Å². The molecule has 8 heteroatoms. The molecule has 1 aliphatic heterocycles. The number of fused-ring (bicyclic) bond motifs is 1. The normalized spacial score (nSPS) is 14.2. The summed E-state index contributed by atoms with van der Waals surface area (Å²) in [6.45, 7) is 6.69. The molecule has 1 fully saturated rings. The quantitative estimate of drug-likeness (QED) is 0.731. The van der Waals surface area contributed by atoms with Gasteiger partial charge in [-0.05, 0) is 26.0 Å². The summed E-state index contributed by atoms with van der Waals surface area (Å²) in [6.07, 6.45) is 1.73. The van der Waals surface area contributed by atoms with Crippen LogP contribution in [0.1, 0.15) is 27.3 Å². The molecule has 0 radical (unpaired) electrons. The van der Waals surface area contributed by atoms with Crippen LogP contribution in [0.15, 0.2) is 30.5 Å². The van der Waals surface area contributed by atoms with E-state index in [1.807, 2.05) is 26.0 Å². The molecule has 0 spiro atoms. The van der Waals surface area contributed by atoms with Crippen LogP contribution in [-0.2, 0) is 11.3 Å². The van der Waals surface area contributed by atoms with Gasteiger partial charge in [0.1, 0.15) is 17.2 Å². The van der Waals surface area contributed by atoms with E-state index in [1.165, 1.54) is 12.1 Å². The maximum absolute atomic E-state index is 14.1. The zero-order chi connectivity index (χ0) is 20.4. The number of ether oxygens (including phenoxy) is 1. The number of hydrogen-bond acceptors (Lipinski definition) is 6. The Labute approximate surface area is 167 Å². The molecule has 1 amide bonds. The highest BCUT2D eigenvalue weighted by molar-refractivity contribution is 6.04. The van der Waals surface area contributed by atoms with E-state index in [0.29, 0.717) is 35.6 Å². The van der Waals surface area contributed by atoms with Gasteiger partial charge in [-0.15, -0.1) is 0 Å². The average molecular weight is 395 g/mol. The Morgan fingerprint density at radius 3 is 2.76 bits per heavy atom. The molecule has 3 aromatic rings. The molecule has 1 aromatic carbocycles. The highest BCUT2D eigenvalue weighted by Crippen LogP contribution is 2.21. The van der Waals surface area contributed by atoms with Gasteiger partial charge in [0.15, 0.2) is 0 Å². The molecule has 7 nitrogen and oxygen atoms in total. The number of carbonyl (C=O) groups excluding carboxylic acids is 1. The number of anilines is 1. The van der Waals surface area contributed by atoms with Gasteiger partial charge >= 0.3 is 0 Å². The molecular weight excluding hydrogens is 373 g/mol. The summed E-state index contributed by atoms with van der Waals surface area (Å²) in [5.74, 6) is -0.0918. The van der Waals surface area contributed by atoms with E-state index >= 15 is 0 Å². The smallest absolute Gasteiger partial charge is 0.253 e. The summed E-state index contributed by atoms with van der Waals surface area (Å²) >= 11 is 0. The van der Waals surface area contributed by atoms with Gasteiger partial charge in [0.2, 0.25) is 0 Å². The van der Waals surface area contributed by atoms with E-state index in [9.17, 15) is 9.18 Å². The van der Waals surface area contributed by atoms with Gasteiger partial charge in [-0.25, -0.2) is 19.3 Å². The summed E-state index contributed by atoms with van der Waals surface area (Å²) in [7, 11) is 0. The van der Waals surface area contributed by atoms with Crippen LogP contribution < -0.4 is 10.2 Å². The second-order valence-corrected chi connectivity index (χ2v) is 6.98. The monoisotopic (exact) mass is 395 g/mol.